The smallest absolute Gasteiger partial charge is 0.289 e. The highest BCUT2D eigenvalue weighted by Gasteiger charge is 2.11. The molecule has 2 N–H and O–H groups in total. The first-order chi connectivity index (χ1) is 16.0. The number of carbonyl (C=O) groups is 1. The number of benzene rings is 3. The molecule has 1 aromatic heterocycles. The molecule has 0 aliphatic rings. The maximum atomic E-state index is 12.5. The Morgan fingerprint density at radius 2 is 1.58 bits per heavy atom. The molecule has 0 saturated carbocycles. The summed E-state index contributed by atoms with van der Waals surface area (Å²) in [7, 11) is 0. The molecule has 6 heteroatoms. The minimum atomic E-state index is -0.349. The summed E-state index contributed by atoms with van der Waals surface area (Å²) in [6.45, 7) is 6.45. The number of ether oxygens (including phenoxy) is 1. The maximum absolute atomic E-state index is 12.5. The van der Waals surface area contributed by atoms with Gasteiger partial charge in [0.05, 0.1) is 11.4 Å². The lowest BCUT2D eigenvalue weighted by Crippen LogP contribution is -2.19. The van der Waals surface area contributed by atoms with Crippen LogP contribution >= 0.6 is 0 Å². The van der Waals surface area contributed by atoms with Crippen LogP contribution in [0.2, 0.25) is 0 Å². The standard InChI is InChI=1S/C27H26N4O2/c1-18-4-8-21(9-5-18)17-33-24-14-12-23(13-15-24)25-16-26(30-29-25)27(32)31-28-20(3)22-10-6-19(2)7-11-22/h4-16H,17H2,1-3H3,(H,29,30)(H,31,32)/b28-20-. The van der Waals surface area contributed by atoms with Crippen LogP contribution in [0, 0.1) is 13.8 Å². The number of hydrazone groups is 1. The summed E-state index contributed by atoms with van der Waals surface area (Å²) in [5.41, 5.74) is 9.67. The Balaban J connectivity index is 1.36. The van der Waals surface area contributed by atoms with Crippen LogP contribution in [0.3, 0.4) is 0 Å². The van der Waals surface area contributed by atoms with Crippen molar-refractivity contribution < 1.29 is 9.53 Å². The molecule has 166 valence electrons. The molecule has 0 bridgehead atoms. The lowest BCUT2D eigenvalue weighted by atomic mass is 10.1. The van der Waals surface area contributed by atoms with Crippen LogP contribution in [0.4, 0.5) is 0 Å². The second kappa shape index (κ2) is 9.96. The summed E-state index contributed by atoms with van der Waals surface area (Å²) in [5.74, 6) is 0.423. The third-order valence-electron chi connectivity index (χ3n) is 5.29. The van der Waals surface area contributed by atoms with E-state index >= 15 is 0 Å². The molecule has 0 unspecified atom stereocenters. The number of amides is 1. The zero-order valence-corrected chi connectivity index (χ0v) is 18.9. The van der Waals surface area contributed by atoms with E-state index in [1.807, 2.05) is 62.4 Å². The van der Waals surface area contributed by atoms with Gasteiger partial charge in [0.1, 0.15) is 18.1 Å². The number of carbonyl (C=O) groups excluding carboxylic acids is 1. The van der Waals surface area contributed by atoms with Crippen molar-refractivity contribution in [2.75, 3.05) is 0 Å². The Hall–Kier alpha value is -4.19. The minimum absolute atomic E-state index is 0.338. The zero-order valence-electron chi connectivity index (χ0n) is 18.9. The first-order valence-electron chi connectivity index (χ1n) is 10.7. The second-order valence-corrected chi connectivity index (χ2v) is 7.97. The van der Waals surface area contributed by atoms with Crippen LogP contribution in [0.5, 0.6) is 5.75 Å². The molecule has 0 fully saturated rings. The van der Waals surface area contributed by atoms with Gasteiger partial charge in [-0.3, -0.25) is 9.89 Å². The summed E-state index contributed by atoms with van der Waals surface area (Å²) in [6, 6.07) is 25.6. The molecule has 3 aromatic carbocycles. The normalized spacial score (nSPS) is 11.3. The molecular formula is C27H26N4O2. The van der Waals surface area contributed by atoms with Gasteiger partial charge in [-0.15, -0.1) is 0 Å². The largest absolute Gasteiger partial charge is 0.489 e. The molecule has 4 rings (SSSR count). The van der Waals surface area contributed by atoms with Crippen LogP contribution in [-0.4, -0.2) is 21.8 Å². The van der Waals surface area contributed by atoms with Crippen molar-refractivity contribution in [1.29, 1.82) is 0 Å². The average Bonchev–Trinajstić information content (AvgIpc) is 3.33. The van der Waals surface area contributed by atoms with E-state index in [1.54, 1.807) is 6.07 Å². The molecule has 1 amide bonds. The number of aromatic nitrogens is 2. The number of aryl methyl sites for hydroxylation is 2. The van der Waals surface area contributed by atoms with Crippen LogP contribution in [0.1, 0.15) is 39.7 Å². The van der Waals surface area contributed by atoms with Gasteiger partial charge in [0.15, 0.2) is 0 Å². The van der Waals surface area contributed by atoms with Gasteiger partial charge < -0.3 is 4.74 Å². The Morgan fingerprint density at radius 3 is 2.24 bits per heavy atom. The summed E-state index contributed by atoms with van der Waals surface area (Å²) >= 11 is 0. The molecule has 0 saturated heterocycles. The number of nitrogens with one attached hydrogen (secondary N) is 2. The van der Waals surface area contributed by atoms with E-state index < -0.39 is 0 Å². The third-order valence-corrected chi connectivity index (χ3v) is 5.29. The Kier molecular flexibility index (Phi) is 6.64. The molecule has 33 heavy (non-hydrogen) atoms. The fourth-order valence-corrected chi connectivity index (χ4v) is 3.21. The fourth-order valence-electron chi connectivity index (χ4n) is 3.21. The van der Waals surface area contributed by atoms with E-state index in [9.17, 15) is 4.79 Å². The van der Waals surface area contributed by atoms with E-state index in [4.69, 9.17) is 4.74 Å². The fraction of sp³-hybridized carbons (Fsp3) is 0.148. The SMILES string of the molecule is C/C(=N/NC(=O)c1cc(-c2ccc(OCc3ccc(C)cc3)cc2)n[nH]1)c1ccc(C)cc1. The quantitative estimate of drug-likeness (QED) is 0.298. The highest BCUT2D eigenvalue weighted by molar-refractivity contribution is 6.00. The summed E-state index contributed by atoms with van der Waals surface area (Å²) in [4.78, 5) is 12.5. The molecule has 0 radical (unpaired) electrons. The number of hydrogen-bond acceptors (Lipinski definition) is 4. The van der Waals surface area contributed by atoms with Crippen molar-refractivity contribution in [1.82, 2.24) is 15.6 Å². The van der Waals surface area contributed by atoms with Crippen molar-refractivity contribution in [3.05, 3.63) is 107 Å². The highest BCUT2D eigenvalue weighted by atomic mass is 16.5. The molecule has 4 aromatic rings. The van der Waals surface area contributed by atoms with Crippen molar-refractivity contribution >= 4 is 11.6 Å². The van der Waals surface area contributed by atoms with E-state index in [0.717, 1.165) is 28.2 Å². The Bertz CT molecular complexity index is 1250. The van der Waals surface area contributed by atoms with Gasteiger partial charge >= 0.3 is 0 Å². The van der Waals surface area contributed by atoms with Crippen molar-refractivity contribution in [3.63, 3.8) is 0 Å². The predicted octanol–water partition coefficient (Wildman–Crippen LogP) is 5.43. The number of H-pyrrole nitrogens is 1. The number of aromatic amines is 1. The summed E-state index contributed by atoms with van der Waals surface area (Å²) in [6.07, 6.45) is 0. The molecule has 1 heterocycles. The maximum Gasteiger partial charge on any atom is 0.289 e. The van der Waals surface area contributed by atoms with Crippen LogP contribution in [0.15, 0.2) is 84.0 Å². The summed E-state index contributed by atoms with van der Waals surface area (Å²) in [5, 5.41) is 11.2. The van der Waals surface area contributed by atoms with E-state index in [2.05, 4.69) is 51.9 Å². The van der Waals surface area contributed by atoms with E-state index in [1.165, 1.54) is 11.1 Å². The van der Waals surface area contributed by atoms with Gasteiger partial charge in [-0.1, -0.05) is 59.7 Å². The van der Waals surface area contributed by atoms with Gasteiger partial charge in [0, 0.05) is 5.56 Å². The number of nitrogens with zero attached hydrogens (tertiary/aromatic N) is 2. The van der Waals surface area contributed by atoms with Crippen LogP contribution in [0.25, 0.3) is 11.3 Å². The van der Waals surface area contributed by atoms with E-state index in [-0.39, 0.29) is 5.91 Å². The molecular weight excluding hydrogens is 412 g/mol. The molecule has 0 spiro atoms. The Labute approximate surface area is 193 Å². The average molecular weight is 439 g/mol. The van der Waals surface area contributed by atoms with E-state index in [0.29, 0.717) is 18.0 Å². The first kappa shape index (κ1) is 22.0. The third kappa shape index (κ3) is 5.74. The highest BCUT2D eigenvalue weighted by Crippen LogP contribution is 2.22. The summed E-state index contributed by atoms with van der Waals surface area (Å²) < 4.78 is 5.86. The second-order valence-electron chi connectivity index (χ2n) is 7.97. The first-order valence-corrected chi connectivity index (χ1v) is 10.7. The zero-order chi connectivity index (χ0) is 23.2. The van der Waals surface area contributed by atoms with Crippen molar-refractivity contribution in [2.24, 2.45) is 5.10 Å². The topological polar surface area (TPSA) is 79.4 Å². The predicted molar refractivity (Wildman–Crippen MR) is 130 cm³/mol. The monoisotopic (exact) mass is 438 g/mol. The van der Waals surface area contributed by atoms with Crippen LogP contribution in [-0.2, 0) is 6.61 Å². The van der Waals surface area contributed by atoms with Crippen molar-refractivity contribution in [2.45, 2.75) is 27.4 Å². The molecule has 6 nitrogen and oxygen atoms in total. The van der Waals surface area contributed by atoms with Gasteiger partial charge in [-0.2, -0.15) is 10.2 Å². The van der Waals surface area contributed by atoms with Gasteiger partial charge in [-0.05, 0) is 62.2 Å². The van der Waals surface area contributed by atoms with Crippen molar-refractivity contribution in [3.8, 4) is 17.0 Å². The van der Waals surface area contributed by atoms with Gasteiger partial charge in [0.25, 0.3) is 5.91 Å². The minimum Gasteiger partial charge on any atom is -0.489 e. The Morgan fingerprint density at radius 1 is 0.939 bits per heavy atom. The molecule has 0 aliphatic heterocycles. The molecule has 0 aliphatic carbocycles. The number of rotatable bonds is 7. The molecule has 0 atom stereocenters. The van der Waals surface area contributed by atoms with Gasteiger partial charge in [0.2, 0.25) is 0 Å². The number of hydrogen-bond donors (Lipinski definition) is 2. The van der Waals surface area contributed by atoms with Gasteiger partial charge in [-0.25, -0.2) is 5.43 Å². The lowest BCUT2D eigenvalue weighted by Gasteiger charge is -2.07. The van der Waals surface area contributed by atoms with Crippen LogP contribution < -0.4 is 10.2 Å². The lowest BCUT2D eigenvalue weighted by molar-refractivity contribution is 0.0950.